The summed E-state index contributed by atoms with van der Waals surface area (Å²) in [7, 11) is 1.58. The minimum atomic E-state index is -1.44. The van der Waals surface area contributed by atoms with Crippen LogP contribution in [0.25, 0.3) is 22.3 Å². The highest BCUT2D eigenvalue weighted by atomic mass is 32.1. The number of carbonyl (C=O) groups is 5. The fourth-order valence-corrected chi connectivity index (χ4v) is 9.04. The zero-order valence-corrected chi connectivity index (χ0v) is 36.8. The van der Waals surface area contributed by atoms with E-state index < -0.39 is 58.7 Å². The SMILES string of the molecule is C=C[C@@H]1C[C@@]1(NC(=O)[C@@H]1C[C@@H](Oc2cc(-c3csc(NC(C)C)n3)nc3cc(OC)ccc23)CN1C(=O)[C@@H](NC(=O)C1CCCC1)C(C)(C)C)C(=O)NNC(=O)c1cccnc1. The van der Waals surface area contributed by atoms with Gasteiger partial charge in [-0.1, -0.05) is 39.7 Å². The van der Waals surface area contributed by atoms with Crippen LogP contribution < -0.4 is 36.3 Å². The van der Waals surface area contributed by atoms with E-state index in [2.05, 4.69) is 38.4 Å². The number of anilines is 1. The number of ether oxygens (including phenoxy) is 2. The molecule has 4 aromatic rings. The molecule has 17 heteroatoms. The predicted octanol–water partition coefficient (Wildman–Crippen LogP) is 5.17. The largest absolute Gasteiger partial charge is 0.497 e. The number of benzene rings is 1. The molecule has 62 heavy (non-hydrogen) atoms. The highest BCUT2D eigenvalue weighted by molar-refractivity contribution is 7.14. The maximum absolute atomic E-state index is 14.9. The Labute approximate surface area is 365 Å². The average Bonchev–Trinajstić information content (AvgIpc) is 3.70. The molecule has 2 aliphatic carbocycles. The van der Waals surface area contributed by atoms with Gasteiger partial charge in [-0.3, -0.25) is 39.8 Å². The smallest absolute Gasteiger partial charge is 0.271 e. The molecule has 5 N–H and O–H groups in total. The lowest BCUT2D eigenvalue weighted by Crippen LogP contribution is -2.61. The first-order chi connectivity index (χ1) is 29.6. The van der Waals surface area contributed by atoms with E-state index in [-0.39, 0.29) is 42.8 Å². The molecule has 328 valence electrons. The number of nitrogens with zero attached hydrogens (tertiary/aromatic N) is 4. The van der Waals surface area contributed by atoms with E-state index in [1.54, 1.807) is 37.5 Å². The van der Waals surface area contributed by atoms with E-state index in [0.717, 1.165) is 30.8 Å². The molecule has 3 aliphatic rings. The molecule has 4 heterocycles. The Morgan fingerprint density at radius 1 is 1.02 bits per heavy atom. The normalized spacial score (nSPS) is 21.5. The van der Waals surface area contributed by atoms with Crippen molar-refractivity contribution in [1.82, 2.24) is 41.3 Å². The second-order valence-electron chi connectivity index (χ2n) is 17.7. The first-order valence-corrected chi connectivity index (χ1v) is 21.9. The Morgan fingerprint density at radius 2 is 1.79 bits per heavy atom. The van der Waals surface area contributed by atoms with Crippen LogP contribution in [0.1, 0.15) is 83.5 Å². The molecule has 3 fully saturated rings. The van der Waals surface area contributed by atoms with Gasteiger partial charge >= 0.3 is 0 Å². The number of fused-ring (bicyclic) bond motifs is 1. The Kier molecular flexibility index (Phi) is 12.8. The Balaban J connectivity index is 1.19. The standard InChI is InChI=1S/C45H55N9O7S/c1-8-28-21-45(28,42(59)53-52-39(56)27-14-11-17-46-22-27)51-40(57)35-19-30(23-54(35)41(58)37(44(4,5)6)50-38(55)26-12-9-10-13-26)61-36-20-33(34-24-62-43(49-34)47-25(2)3)48-32-18-29(60-7)15-16-31(32)36/h8,11,14-18,20,22,24-26,28,30,35,37H,1,9-10,12-13,19,21,23H2,2-7H3,(H,47,49)(H,50,55)(H,51,57)(H,52,56)(H,53,59)/t28-,30-,35+,37-,45+/m1/s1. The summed E-state index contributed by atoms with van der Waals surface area (Å²) in [4.78, 5) is 84.7. The second-order valence-corrected chi connectivity index (χ2v) is 18.5. The van der Waals surface area contributed by atoms with Crippen LogP contribution in [0.5, 0.6) is 11.5 Å². The number of likely N-dealkylation sites (tertiary alicyclic amines) is 1. The van der Waals surface area contributed by atoms with Crippen molar-refractivity contribution in [2.75, 3.05) is 19.0 Å². The lowest BCUT2D eigenvalue weighted by molar-refractivity contribution is -0.145. The zero-order valence-electron chi connectivity index (χ0n) is 35.9. The van der Waals surface area contributed by atoms with Crippen molar-refractivity contribution >= 4 is 56.9 Å². The molecule has 5 amide bonds. The van der Waals surface area contributed by atoms with Crippen molar-refractivity contribution in [3.63, 3.8) is 0 Å². The molecule has 2 saturated carbocycles. The number of amides is 5. The summed E-state index contributed by atoms with van der Waals surface area (Å²) in [5, 5.41) is 12.7. The maximum atomic E-state index is 14.9. The molecule has 1 aromatic carbocycles. The topological polar surface area (TPSA) is 206 Å². The number of methoxy groups -OCH3 is 1. The molecule has 0 bridgehead atoms. The van der Waals surface area contributed by atoms with Gasteiger partial charge in [-0.25, -0.2) is 9.97 Å². The highest BCUT2D eigenvalue weighted by Gasteiger charge is 2.61. The van der Waals surface area contributed by atoms with Gasteiger partial charge in [0.15, 0.2) is 5.13 Å². The Hall–Kier alpha value is -6.10. The van der Waals surface area contributed by atoms with E-state index >= 15 is 0 Å². The summed E-state index contributed by atoms with van der Waals surface area (Å²) in [6.45, 7) is 13.6. The number of pyridine rings is 2. The van der Waals surface area contributed by atoms with Crippen LogP contribution in [-0.2, 0) is 19.2 Å². The number of rotatable bonds is 14. The molecule has 0 spiro atoms. The number of aromatic nitrogens is 3. The maximum Gasteiger partial charge on any atom is 0.271 e. The van der Waals surface area contributed by atoms with Crippen LogP contribution in [0.15, 0.2) is 66.8 Å². The van der Waals surface area contributed by atoms with Gasteiger partial charge in [-0.15, -0.1) is 17.9 Å². The lowest BCUT2D eigenvalue weighted by Gasteiger charge is -2.36. The predicted molar refractivity (Wildman–Crippen MR) is 235 cm³/mol. The third-order valence-corrected chi connectivity index (χ3v) is 12.5. The summed E-state index contributed by atoms with van der Waals surface area (Å²) >= 11 is 1.46. The minimum absolute atomic E-state index is 0.00249. The van der Waals surface area contributed by atoms with Gasteiger partial charge in [0.1, 0.15) is 40.9 Å². The van der Waals surface area contributed by atoms with Gasteiger partial charge in [-0.2, -0.15) is 0 Å². The van der Waals surface area contributed by atoms with Crippen molar-refractivity contribution in [1.29, 1.82) is 0 Å². The zero-order chi connectivity index (χ0) is 44.3. The molecule has 1 aliphatic heterocycles. The molecular weight excluding hydrogens is 811 g/mol. The minimum Gasteiger partial charge on any atom is -0.497 e. The molecule has 1 saturated heterocycles. The van der Waals surface area contributed by atoms with Gasteiger partial charge < -0.3 is 30.3 Å². The van der Waals surface area contributed by atoms with Crippen LogP contribution in [-0.4, -0.2) is 92.8 Å². The van der Waals surface area contributed by atoms with Crippen molar-refractivity contribution in [2.24, 2.45) is 17.3 Å². The first kappa shape index (κ1) is 44.0. The summed E-state index contributed by atoms with van der Waals surface area (Å²) in [6.07, 6.45) is 7.45. The van der Waals surface area contributed by atoms with Crippen LogP contribution in [0.4, 0.5) is 5.13 Å². The third kappa shape index (κ3) is 9.52. The van der Waals surface area contributed by atoms with Gasteiger partial charge in [0.25, 0.3) is 11.8 Å². The van der Waals surface area contributed by atoms with Crippen LogP contribution in [0, 0.1) is 17.3 Å². The number of thiazole rings is 1. The molecule has 3 aromatic heterocycles. The van der Waals surface area contributed by atoms with Crippen LogP contribution in [0.3, 0.4) is 0 Å². The van der Waals surface area contributed by atoms with Crippen molar-refractivity contribution in [3.05, 3.63) is 72.4 Å². The summed E-state index contributed by atoms with van der Waals surface area (Å²) in [5.41, 5.74) is 4.72. The lowest BCUT2D eigenvalue weighted by atomic mass is 9.85. The molecule has 0 radical (unpaired) electrons. The van der Waals surface area contributed by atoms with E-state index in [4.69, 9.17) is 19.4 Å². The molecular formula is C45H55N9O7S. The quantitative estimate of drug-likeness (QED) is 0.0826. The number of hydrogen-bond donors (Lipinski definition) is 5. The summed E-state index contributed by atoms with van der Waals surface area (Å²) in [5.74, 6) is -2.01. The molecule has 16 nitrogen and oxygen atoms in total. The second kappa shape index (κ2) is 18.1. The number of hydrazine groups is 1. The third-order valence-electron chi connectivity index (χ3n) is 11.7. The fraction of sp³-hybridized carbons (Fsp3) is 0.467. The van der Waals surface area contributed by atoms with E-state index in [0.29, 0.717) is 33.8 Å². The average molecular weight is 866 g/mol. The number of hydrogen-bond acceptors (Lipinski definition) is 12. The van der Waals surface area contributed by atoms with Crippen LogP contribution >= 0.6 is 11.3 Å². The Morgan fingerprint density at radius 3 is 2.45 bits per heavy atom. The van der Waals surface area contributed by atoms with E-state index in [1.807, 2.05) is 52.1 Å². The van der Waals surface area contributed by atoms with Crippen molar-refractivity contribution in [3.8, 4) is 22.9 Å². The van der Waals surface area contributed by atoms with E-state index in [9.17, 15) is 24.0 Å². The van der Waals surface area contributed by atoms with Gasteiger partial charge in [0, 0.05) is 59.6 Å². The van der Waals surface area contributed by atoms with Gasteiger partial charge in [-0.05, 0) is 62.8 Å². The van der Waals surface area contributed by atoms with E-state index in [1.165, 1.54) is 28.6 Å². The summed E-state index contributed by atoms with van der Waals surface area (Å²) < 4.78 is 12.3. The first-order valence-electron chi connectivity index (χ1n) is 21.0. The number of nitrogens with one attached hydrogen (secondary N) is 5. The molecule has 7 rings (SSSR count). The number of carbonyl (C=O) groups excluding carboxylic acids is 5. The molecule has 5 atom stereocenters. The Bertz CT molecular complexity index is 2340. The fourth-order valence-electron chi connectivity index (χ4n) is 8.19. The van der Waals surface area contributed by atoms with Gasteiger partial charge in [0.2, 0.25) is 17.7 Å². The summed E-state index contributed by atoms with van der Waals surface area (Å²) in [6, 6.07) is 8.53. The van der Waals surface area contributed by atoms with Crippen molar-refractivity contribution in [2.45, 2.75) is 103 Å². The highest BCUT2D eigenvalue weighted by Crippen LogP contribution is 2.45. The van der Waals surface area contributed by atoms with Crippen molar-refractivity contribution < 1.29 is 33.4 Å². The monoisotopic (exact) mass is 865 g/mol. The van der Waals surface area contributed by atoms with Crippen LogP contribution in [0.2, 0.25) is 0 Å². The molecule has 0 unspecified atom stereocenters. The van der Waals surface area contributed by atoms with Gasteiger partial charge in [0.05, 0.1) is 30.4 Å².